The lowest BCUT2D eigenvalue weighted by Gasteiger charge is -2.32. The molecule has 164 valence electrons. The summed E-state index contributed by atoms with van der Waals surface area (Å²) in [5.41, 5.74) is 8.73. The Morgan fingerprint density at radius 2 is 1.30 bits per heavy atom. The standard InChI is InChI=1S/C29H30BN3/c1-21-12-11-13-22(2)28(21)33-26-17-10-9-16-25(26)32(30(33)24-14-7-6-8-15-24)27-20-23(18-19-31-27)29(3,4)5/h6-20H,1-5H3. The number of rotatable bonds is 3. The Balaban J connectivity index is 1.79. The largest absolute Gasteiger partial charge is 0.421 e. The molecule has 1 aliphatic heterocycles. The maximum absolute atomic E-state index is 4.88. The van der Waals surface area contributed by atoms with Gasteiger partial charge in [0.1, 0.15) is 5.82 Å². The maximum Gasteiger partial charge on any atom is 0.421 e. The molecule has 0 bridgehead atoms. The number of anilines is 4. The third kappa shape index (κ3) is 3.70. The van der Waals surface area contributed by atoms with E-state index in [1.165, 1.54) is 39.2 Å². The van der Waals surface area contributed by atoms with Crippen LogP contribution in [0.4, 0.5) is 22.9 Å². The molecule has 33 heavy (non-hydrogen) atoms. The highest BCUT2D eigenvalue weighted by Gasteiger charge is 2.44. The van der Waals surface area contributed by atoms with Crippen LogP contribution in [0, 0.1) is 13.8 Å². The van der Waals surface area contributed by atoms with E-state index < -0.39 is 0 Å². The minimum Gasteiger partial charge on any atom is -0.359 e. The van der Waals surface area contributed by atoms with Crippen LogP contribution in [0.2, 0.25) is 0 Å². The van der Waals surface area contributed by atoms with Crippen molar-refractivity contribution in [1.29, 1.82) is 0 Å². The molecular formula is C29H30BN3. The first-order valence-electron chi connectivity index (χ1n) is 11.6. The zero-order chi connectivity index (χ0) is 23.2. The Hall–Kier alpha value is -3.53. The van der Waals surface area contributed by atoms with Crippen molar-refractivity contribution in [3.63, 3.8) is 0 Å². The quantitative estimate of drug-likeness (QED) is 0.337. The van der Waals surface area contributed by atoms with E-state index in [-0.39, 0.29) is 12.4 Å². The van der Waals surface area contributed by atoms with E-state index >= 15 is 0 Å². The smallest absolute Gasteiger partial charge is 0.359 e. The number of benzene rings is 3. The molecule has 4 heteroatoms. The molecule has 0 amide bonds. The fraction of sp³-hybridized carbons (Fsp3) is 0.207. The zero-order valence-corrected chi connectivity index (χ0v) is 20.1. The molecule has 3 nitrogen and oxygen atoms in total. The number of hydrogen-bond donors (Lipinski definition) is 0. The van der Waals surface area contributed by atoms with E-state index in [9.17, 15) is 0 Å². The lowest BCUT2D eigenvalue weighted by atomic mass is 9.64. The number of nitrogens with zero attached hydrogens (tertiary/aromatic N) is 3. The predicted octanol–water partition coefficient (Wildman–Crippen LogP) is 6.68. The Bertz CT molecular complexity index is 1270. The van der Waals surface area contributed by atoms with Gasteiger partial charge in [-0.15, -0.1) is 0 Å². The van der Waals surface area contributed by atoms with Gasteiger partial charge in [0.05, 0.1) is 11.4 Å². The second kappa shape index (κ2) is 8.11. The minimum absolute atomic E-state index is 0.0360. The molecule has 0 N–H and O–H groups in total. The van der Waals surface area contributed by atoms with E-state index in [2.05, 4.69) is 129 Å². The summed E-state index contributed by atoms with van der Waals surface area (Å²) in [6, 6.07) is 30.4. The van der Waals surface area contributed by atoms with Crippen LogP contribution in [0.1, 0.15) is 37.5 Å². The van der Waals surface area contributed by atoms with Gasteiger partial charge < -0.3 is 9.62 Å². The molecular weight excluding hydrogens is 401 g/mol. The molecule has 3 aromatic carbocycles. The summed E-state index contributed by atoms with van der Waals surface area (Å²) in [6.45, 7) is 11.1. The van der Waals surface area contributed by atoms with Gasteiger partial charge in [-0.1, -0.05) is 81.4 Å². The Labute approximate surface area is 197 Å². The van der Waals surface area contributed by atoms with Crippen LogP contribution in [0.15, 0.2) is 91.1 Å². The summed E-state index contributed by atoms with van der Waals surface area (Å²) >= 11 is 0. The SMILES string of the molecule is Cc1cccc(C)c1N1B(c2ccccc2)N(c2cc(C(C)(C)C)ccn2)c2ccccc21. The molecule has 0 fully saturated rings. The third-order valence-electron chi connectivity index (χ3n) is 6.53. The molecule has 1 aromatic heterocycles. The third-order valence-corrected chi connectivity index (χ3v) is 6.53. The van der Waals surface area contributed by atoms with Crippen molar-refractivity contribution >= 4 is 35.3 Å². The molecule has 0 unspecified atom stereocenters. The van der Waals surface area contributed by atoms with Gasteiger partial charge in [0.25, 0.3) is 0 Å². The van der Waals surface area contributed by atoms with Crippen molar-refractivity contribution in [2.24, 2.45) is 0 Å². The molecule has 2 heterocycles. The lowest BCUT2D eigenvalue weighted by Crippen LogP contribution is -2.53. The van der Waals surface area contributed by atoms with Crippen molar-refractivity contribution in [2.45, 2.75) is 40.0 Å². The van der Waals surface area contributed by atoms with E-state index in [0.29, 0.717) is 0 Å². The molecule has 0 atom stereocenters. The summed E-state index contributed by atoms with van der Waals surface area (Å²) in [5, 5.41) is 0. The second-order valence-electron chi connectivity index (χ2n) is 9.91. The number of aromatic nitrogens is 1. The Morgan fingerprint density at radius 1 is 0.697 bits per heavy atom. The van der Waals surface area contributed by atoms with Gasteiger partial charge in [-0.3, -0.25) is 0 Å². The molecule has 0 radical (unpaired) electrons. The van der Waals surface area contributed by atoms with Crippen LogP contribution in [0.5, 0.6) is 0 Å². The van der Waals surface area contributed by atoms with Crippen molar-refractivity contribution in [2.75, 3.05) is 9.62 Å². The fourth-order valence-corrected chi connectivity index (χ4v) is 4.87. The summed E-state index contributed by atoms with van der Waals surface area (Å²) < 4.78 is 0. The molecule has 0 aliphatic carbocycles. The number of aryl methyl sites for hydroxylation is 2. The lowest BCUT2D eigenvalue weighted by molar-refractivity contribution is 0.589. The topological polar surface area (TPSA) is 19.4 Å². The van der Waals surface area contributed by atoms with Crippen LogP contribution in [-0.4, -0.2) is 12.0 Å². The van der Waals surface area contributed by atoms with Crippen molar-refractivity contribution in [3.8, 4) is 0 Å². The van der Waals surface area contributed by atoms with Crippen molar-refractivity contribution in [3.05, 3.63) is 108 Å². The van der Waals surface area contributed by atoms with Crippen LogP contribution in [-0.2, 0) is 5.41 Å². The molecule has 0 spiro atoms. The van der Waals surface area contributed by atoms with Crippen LogP contribution in [0.25, 0.3) is 0 Å². The monoisotopic (exact) mass is 431 g/mol. The Kier molecular flexibility index (Phi) is 5.24. The molecule has 4 aromatic rings. The number of fused-ring (bicyclic) bond motifs is 1. The van der Waals surface area contributed by atoms with Gasteiger partial charge in [0.2, 0.25) is 0 Å². The Morgan fingerprint density at radius 3 is 1.94 bits per heavy atom. The summed E-state index contributed by atoms with van der Waals surface area (Å²) in [4.78, 5) is 9.76. The highest BCUT2D eigenvalue weighted by atomic mass is 15.3. The second-order valence-corrected chi connectivity index (χ2v) is 9.91. The molecule has 5 rings (SSSR count). The van der Waals surface area contributed by atoms with E-state index in [1.54, 1.807) is 0 Å². The van der Waals surface area contributed by atoms with E-state index in [4.69, 9.17) is 4.98 Å². The number of hydrogen-bond acceptors (Lipinski definition) is 3. The summed E-state index contributed by atoms with van der Waals surface area (Å²) in [6.07, 6.45) is 1.95. The predicted molar refractivity (Wildman–Crippen MR) is 141 cm³/mol. The van der Waals surface area contributed by atoms with E-state index in [1.807, 2.05) is 6.20 Å². The first kappa shape index (κ1) is 21.3. The van der Waals surface area contributed by atoms with Crippen LogP contribution >= 0.6 is 0 Å². The normalized spacial score (nSPS) is 13.4. The van der Waals surface area contributed by atoms with Gasteiger partial charge in [-0.25, -0.2) is 4.98 Å². The number of pyridine rings is 1. The highest BCUT2D eigenvalue weighted by Crippen LogP contribution is 2.47. The van der Waals surface area contributed by atoms with Crippen molar-refractivity contribution < 1.29 is 0 Å². The summed E-state index contributed by atoms with van der Waals surface area (Å²) in [5.74, 6) is 0.970. The van der Waals surface area contributed by atoms with Gasteiger partial charge in [-0.05, 0) is 65.7 Å². The summed E-state index contributed by atoms with van der Waals surface area (Å²) in [7, 11) is 0. The first-order valence-corrected chi connectivity index (χ1v) is 11.6. The zero-order valence-electron chi connectivity index (χ0n) is 20.1. The maximum atomic E-state index is 4.88. The van der Waals surface area contributed by atoms with Crippen LogP contribution in [0.3, 0.4) is 0 Å². The van der Waals surface area contributed by atoms with Crippen molar-refractivity contribution in [1.82, 2.24) is 4.98 Å². The number of para-hydroxylation sites is 3. The minimum atomic E-state index is -0.0360. The molecule has 0 saturated carbocycles. The first-order chi connectivity index (χ1) is 15.9. The average molecular weight is 431 g/mol. The fourth-order valence-electron chi connectivity index (χ4n) is 4.87. The van der Waals surface area contributed by atoms with Gasteiger partial charge >= 0.3 is 6.98 Å². The molecule has 1 aliphatic rings. The highest BCUT2D eigenvalue weighted by molar-refractivity contribution is 6.84. The van der Waals surface area contributed by atoms with Gasteiger partial charge in [-0.2, -0.15) is 0 Å². The molecule has 0 saturated heterocycles. The van der Waals surface area contributed by atoms with E-state index in [0.717, 1.165) is 5.82 Å². The van der Waals surface area contributed by atoms with Crippen LogP contribution < -0.4 is 15.1 Å². The average Bonchev–Trinajstić information content (AvgIpc) is 3.14. The van der Waals surface area contributed by atoms with Gasteiger partial charge in [0.15, 0.2) is 0 Å². The van der Waals surface area contributed by atoms with Gasteiger partial charge in [0, 0.05) is 11.9 Å².